The summed E-state index contributed by atoms with van der Waals surface area (Å²) in [5.74, 6) is -0.913. The molecule has 0 fully saturated rings. The Kier molecular flexibility index (Phi) is 18.2. The van der Waals surface area contributed by atoms with E-state index < -0.39 is 12.1 Å². The van der Waals surface area contributed by atoms with Gasteiger partial charge in [0, 0.05) is 6.61 Å². The average Bonchev–Trinajstić information content (AvgIpc) is 2.53. The van der Waals surface area contributed by atoms with Crippen LogP contribution in [0.5, 0.6) is 0 Å². The van der Waals surface area contributed by atoms with Gasteiger partial charge in [-0.2, -0.15) is 0 Å². The minimum absolute atomic E-state index is 0.122. The van der Waals surface area contributed by atoms with E-state index in [0.717, 1.165) is 19.3 Å². The SMILES string of the molecule is O=C(O)C[C@H](O)CCCCCCCCCCCCCCCCCO. The second kappa shape index (κ2) is 18.7. The Balaban J connectivity index is 3.06. The molecule has 0 saturated carbocycles. The highest BCUT2D eigenvalue weighted by atomic mass is 16.4. The first-order valence-corrected chi connectivity index (χ1v) is 10.2. The van der Waals surface area contributed by atoms with Crippen LogP contribution in [0.3, 0.4) is 0 Å². The van der Waals surface area contributed by atoms with E-state index >= 15 is 0 Å². The van der Waals surface area contributed by atoms with Crippen LogP contribution in [-0.4, -0.2) is 34.0 Å². The van der Waals surface area contributed by atoms with Crippen molar-refractivity contribution in [1.82, 2.24) is 0 Å². The van der Waals surface area contributed by atoms with E-state index in [1.807, 2.05) is 0 Å². The molecule has 0 aliphatic carbocycles. The molecular weight excluding hydrogens is 304 g/mol. The number of aliphatic hydroxyl groups excluding tert-OH is 2. The maximum atomic E-state index is 10.4. The molecule has 3 N–H and O–H groups in total. The van der Waals surface area contributed by atoms with Crippen molar-refractivity contribution in [3.05, 3.63) is 0 Å². The van der Waals surface area contributed by atoms with Crippen LogP contribution in [0.1, 0.15) is 109 Å². The van der Waals surface area contributed by atoms with Crippen molar-refractivity contribution in [2.75, 3.05) is 6.61 Å². The number of hydrogen-bond donors (Lipinski definition) is 3. The second-order valence-electron chi connectivity index (χ2n) is 7.07. The van der Waals surface area contributed by atoms with E-state index in [0.29, 0.717) is 13.0 Å². The fourth-order valence-electron chi connectivity index (χ4n) is 3.09. The van der Waals surface area contributed by atoms with Crippen LogP contribution in [0.2, 0.25) is 0 Å². The molecule has 0 rings (SSSR count). The summed E-state index contributed by atoms with van der Waals surface area (Å²) in [6.45, 7) is 0.340. The zero-order valence-electron chi connectivity index (χ0n) is 15.6. The van der Waals surface area contributed by atoms with Gasteiger partial charge in [0.05, 0.1) is 12.5 Å². The summed E-state index contributed by atoms with van der Waals surface area (Å²) in [6, 6.07) is 0. The Morgan fingerprint density at radius 3 is 1.29 bits per heavy atom. The van der Waals surface area contributed by atoms with Crippen LogP contribution < -0.4 is 0 Å². The van der Waals surface area contributed by atoms with Gasteiger partial charge in [0.25, 0.3) is 0 Å². The molecule has 0 amide bonds. The number of rotatable bonds is 19. The summed E-state index contributed by atoms with van der Waals surface area (Å²) in [6.07, 6.45) is 18.5. The van der Waals surface area contributed by atoms with Crippen LogP contribution in [0.4, 0.5) is 0 Å². The molecule has 0 aromatic carbocycles. The van der Waals surface area contributed by atoms with Crippen LogP contribution in [0.25, 0.3) is 0 Å². The number of carbonyl (C=O) groups is 1. The predicted octanol–water partition coefficient (Wildman–Crippen LogP) is 5.06. The molecule has 144 valence electrons. The van der Waals surface area contributed by atoms with Crippen LogP contribution in [-0.2, 0) is 4.79 Å². The van der Waals surface area contributed by atoms with E-state index in [-0.39, 0.29) is 6.42 Å². The van der Waals surface area contributed by atoms with Crippen molar-refractivity contribution < 1.29 is 20.1 Å². The zero-order valence-corrected chi connectivity index (χ0v) is 15.6. The van der Waals surface area contributed by atoms with Crippen molar-refractivity contribution in [1.29, 1.82) is 0 Å². The Morgan fingerprint density at radius 1 is 0.625 bits per heavy atom. The van der Waals surface area contributed by atoms with Gasteiger partial charge in [-0.15, -0.1) is 0 Å². The highest BCUT2D eigenvalue weighted by Gasteiger charge is 2.08. The summed E-state index contributed by atoms with van der Waals surface area (Å²) in [5.41, 5.74) is 0. The lowest BCUT2D eigenvalue weighted by atomic mass is 10.0. The lowest BCUT2D eigenvalue weighted by Gasteiger charge is -2.07. The molecule has 4 heteroatoms. The van der Waals surface area contributed by atoms with Crippen molar-refractivity contribution in [3.8, 4) is 0 Å². The highest BCUT2D eigenvalue weighted by molar-refractivity contribution is 5.67. The van der Waals surface area contributed by atoms with Gasteiger partial charge in [-0.05, 0) is 12.8 Å². The lowest BCUT2D eigenvalue weighted by molar-refractivity contribution is -0.139. The van der Waals surface area contributed by atoms with E-state index in [1.54, 1.807) is 0 Å². The van der Waals surface area contributed by atoms with Crippen molar-refractivity contribution in [3.63, 3.8) is 0 Å². The molecule has 24 heavy (non-hydrogen) atoms. The molecule has 0 spiro atoms. The third-order valence-electron chi connectivity index (χ3n) is 4.61. The lowest BCUT2D eigenvalue weighted by Crippen LogP contribution is -2.12. The predicted molar refractivity (Wildman–Crippen MR) is 99.2 cm³/mol. The van der Waals surface area contributed by atoms with Gasteiger partial charge in [0.15, 0.2) is 0 Å². The molecule has 0 aliphatic heterocycles. The fourth-order valence-corrected chi connectivity index (χ4v) is 3.09. The maximum absolute atomic E-state index is 10.4. The third-order valence-corrected chi connectivity index (χ3v) is 4.61. The summed E-state index contributed by atoms with van der Waals surface area (Å²) < 4.78 is 0. The largest absolute Gasteiger partial charge is 0.481 e. The molecule has 0 radical (unpaired) electrons. The van der Waals surface area contributed by atoms with E-state index in [1.165, 1.54) is 77.0 Å². The first-order valence-electron chi connectivity index (χ1n) is 10.2. The number of unbranched alkanes of at least 4 members (excludes halogenated alkanes) is 14. The number of carboxylic acids is 1. The Labute approximate surface area is 148 Å². The minimum atomic E-state index is -0.913. The molecule has 0 saturated heterocycles. The minimum Gasteiger partial charge on any atom is -0.481 e. The van der Waals surface area contributed by atoms with Crippen LogP contribution in [0.15, 0.2) is 0 Å². The Bertz CT molecular complexity index is 268. The van der Waals surface area contributed by atoms with Gasteiger partial charge in [-0.1, -0.05) is 89.9 Å². The normalized spacial score (nSPS) is 12.4. The number of aliphatic hydroxyl groups is 2. The Hall–Kier alpha value is -0.610. The van der Waals surface area contributed by atoms with Gasteiger partial charge in [-0.3, -0.25) is 4.79 Å². The van der Waals surface area contributed by atoms with Crippen molar-refractivity contribution >= 4 is 5.97 Å². The molecule has 1 atom stereocenters. The smallest absolute Gasteiger partial charge is 0.305 e. The van der Waals surface area contributed by atoms with Gasteiger partial charge in [0.1, 0.15) is 0 Å². The van der Waals surface area contributed by atoms with E-state index in [4.69, 9.17) is 10.2 Å². The summed E-state index contributed by atoms with van der Waals surface area (Å²) in [4.78, 5) is 10.4. The summed E-state index contributed by atoms with van der Waals surface area (Å²) in [7, 11) is 0. The molecule has 0 aliphatic rings. The number of hydrogen-bond acceptors (Lipinski definition) is 3. The first-order chi connectivity index (χ1) is 11.7. The van der Waals surface area contributed by atoms with Gasteiger partial charge in [0.2, 0.25) is 0 Å². The molecule has 4 nitrogen and oxygen atoms in total. The Morgan fingerprint density at radius 2 is 0.958 bits per heavy atom. The standard InChI is InChI=1S/C20H40O4/c21-17-15-13-11-9-7-5-3-1-2-4-6-8-10-12-14-16-19(22)18-20(23)24/h19,21-22H,1-18H2,(H,23,24)/t19-/m1/s1. The third kappa shape index (κ3) is 19.4. The van der Waals surface area contributed by atoms with E-state index in [9.17, 15) is 9.90 Å². The second-order valence-corrected chi connectivity index (χ2v) is 7.07. The van der Waals surface area contributed by atoms with Crippen LogP contribution >= 0.6 is 0 Å². The highest BCUT2D eigenvalue weighted by Crippen LogP contribution is 2.14. The quantitative estimate of drug-likeness (QED) is 0.286. The van der Waals surface area contributed by atoms with Gasteiger partial charge >= 0.3 is 5.97 Å². The summed E-state index contributed by atoms with van der Waals surface area (Å²) in [5, 5.41) is 26.7. The zero-order chi connectivity index (χ0) is 17.9. The molecule has 0 aromatic rings. The molecule has 0 heterocycles. The molecule has 0 unspecified atom stereocenters. The monoisotopic (exact) mass is 344 g/mol. The van der Waals surface area contributed by atoms with Crippen LogP contribution in [0, 0.1) is 0 Å². The van der Waals surface area contributed by atoms with Crippen molar-refractivity contribution in [2.45, 2.75) is 115 Å². The first kappa shape index (κ1) is 23.4. The number of carboxylic acid groups (broad SMARTS) is 1. The van der Waals surface area contributed by atoms with E-state index in [2.05, 4.69) is 0 Å². The molecule has 0 bridgehead atoms. The van der Waals surface area contributed by atoms with Gasteiger partial charge in [-0.25, -0.2) is 0 Å². The molecular formula is C20H40O4. The van der Waals surface area contributed by atoms with Crippen molar-refractivity contribution in [2.24, 2.45) is 0 Å². The maximum Gasteiger partial charge on any atom is 0.305 e. The van der Waals surface area contributed by atoms with Gasteiger partial charge < -0.3 is 15.3 Å². The topological polar surface area (TPSA) is 77.8 Å². The fraction of sp³-hybridized carbons (Fsp3) is 0.950. The summed E-state index contributed by atoms with van der Waals surface area (Å²) >= 11 is 0. The number of aliphatic carboxylic acids is 1. The molecule has 0 aromatic heterocycles. The average molecular weight is 345 g/mol.